The predicted molar refractivity (Wildman–Crippen MR) is 108 cm³/mol. The van der Waals surface area contributed by atoms with Crippen LogP contribution in [0.1, 0.15) is 36.2 Å². The molecule has 4 rings (SSSR count). The summed E-state index contributed by atoms with van der Waals surface area (Å²) in [4.78, 5) is 33.6. The molecule has 11 heteroatoms. The van der Waals surface area contributed by atoms with E-state index in [1.54, 1.807) is 16.5 Å². The van der Waals surface area contributed by atoms with E-state index >= 15 is 0 Å². The summed E-state index contributed by atoms with van der Waals surface area (Å²) < 4.78 is 27.5. The number of nitrogens with zero attached hydrogens (tertiary/aromatic N) is 3. The monoisotopic (exact) mass is 437 g/mol. The van der Waals surface area contributed by atoms with E-state index in [4.69, 9.17) is 0 Å². The Hall–Kier alpha value is -2.24. The average molecular weight is 438 g/mol. The number of carbonyl (C=O) groups excluding carboxylic acids is 2. The van der Waals surface area contributed by atoms with Gasteiger partial charge in [-0.3, -0.25) is 9.59 Å². The minimum Gasteiger partial charge on any atom is -0.356 e. The lowest BCUT2D eigenvalue weighted by atomic mass is 9.99. The third-order valence-corrected chi connectivity index (χ3v) is 7.87. The third kappa shape index (κ3) is 4.21. The van der Waals surface area contributed by atoms with Crippen molar-refractivity contribution in [1.29, 1.82) is 0 Å². The summed E-state index contributed by atoms with van der Waals surface area (Å²) in [5.74, 6) is -0.839. The lowest BCUT2D eigenvalue weighted by molar-refractivity contribution is -0.120. The van der Waals surface area contributed by atoms with Crippen molar-refractivity contribution in [3.05, 3.63) is 29.5 Å². The number of amides is 2. The molecule has 1 atom stereocenters. The van der Waals surface area contributed by atoms with E-state index in [2.05, 4.69) is 15.3 Å². The zero-order chi connectivity index (χ0) is 20.4. The summed E-state index contributed by atoms with van der Waals surface area (Å²) in [6, 6.07) is 1.40. The summed E-state index contributed by atoms with van der Waals surface area (Å²) in [5.41, 5.74) is 0.278. The van der Waals surface area contributed by atoms with E-state index in [0.717, 1.165) is 12.8 Å². The Morgan fingerprint density at radius 1 is 1.21 bits per heavy atom. The van der Waals surface area contributed by atoms with Gasteiger partial charge in [0.2, 0.25) is 15.9 Å². The maximum absolute atomic E-state index is 13.1. The van der Waals surface area contributed by atoms with Crippen LogP contribution in [0.15, 0.2) is 28.7 Å². The van der Waals surface area contributed by atoms with Crippen molar-refractivity contribution in [3.8, 4) is 0 Å². The molecule has 2 aliphatic rings. The molecule has 29 heavy (non-hydrogen) atoms. The first kappa shape index (κ1) is 20.0. The normalized spacial score (nSPS) is 20.7. The van der Waals surface area contributed by atoms with Gasteiger partial charge in [-0.2, -0.15) is 4.31 Å². The highest BCUT2D eigenvalue weighted by molar-refractivity contribution is 7.89. The van der Waals surface area contributed by atoms with Crippen molar-refractivity contribution in [2.24, 2.45) is 5.92 Å². The predicted octanol–water partition coefficient (Wildman–Crippen LogP) is 1.75. The lowest BCUT2D eigenvalue weighted by Gasteiger charge is -2.30. The molecule has 2 aromatic heterocycles. The molecule has 0 unspecified atom stereocenters. The average Bonchev–Trinajstić information content (AvgIpc) is 3.50. The molecule has 2 aliphatic heterocycles. The van der Waals surface area contributed by atoms with Gasteiger partial charge < -0.3 is 15.2 Å². The number of likely N-dealkylation sites (tertiary alicyclic amines) is 1. The number of nitrogens with one attached hydrogen (secondary N) is 2. The highest BCUT2D eigenvalue weighted by Crippen LogP contribution is 2.26. The van der Waals surface area contributed by atoms with Crippen LogP contribution >= 0.6 is 11.3 Å². The van der Waals surface area contributed by atoms with Gasteiger partial charge in [0.05, 0.1) is 5.92 Å². The van der Waals surface area contributed by atoms with Gasteiger partial charge >= 0.3 is 0 Å². The van der Waals surface area contributed by atoms with Crippen molar-refractivity contribution in [2.75, 3.05) is 31.5 Å². The molecule has 0 saturated carbocycles. The Morgan fingerprint density at radius 3 is 2.72 bits per heavy atom. The van der Waals surface area contributed by atoms with Gasteiger partial charge in [-0.05, 0) is 31.7 Å². The van der Waals surface area contributed by atoms with Crippen molar-refractivity contribution in [2.45, 2.75) is 30.6 Å². The summed E-state index contributed by atoms with van der Waals surface area (Å²) in [6.07, 6.45) is 6.11. The molecule has 2 aromatic rings. The number of rotatable bonds is 5. The number of hydrogen-bond donors (Lipinski definition) is 2. The molecular formula is C18H23N5O4S2. The van der Waals surface area contributed by atoms with Crippen LogP contribution in [-0.2, 0) is 14.8 Å². The Labute approximate surface area is 173 Å². The zero-order valence-electron chi connectivity index (χ0n) is 15.8. The fraction of sp³-hybridized carbons (Fsp3) is 0.500. The van der Waals surface area contributed by atoms with Crippen LogP contribution in [0.3, 0.4) is 0 Å². The van der Waals surface area contributed by atoms with Crippen LogP contribution in [-0.4, -0.2) is 65.6 Å². The van der Waals surface area contributed by atoms with Gasteiger partial charge in [0.1, 0.15) is 10.6 Å². The molecular weight excluding hydrogens is 414 g/mol. The zero-order valence-corrected chi connectivity index (χ0v) is 17.5. The number of carbonyl (C=O) groups is 2. The maximum atomic E-state index is 13.1. The number of H-pyrrole nitrogens is 1. The van der Waals surface area contributed by atoms with Crippen molar-refractivity contribution in [3.63, 3.8) is 0 Å². The Balaban J connectivity index is 1.45. The van der Waals surface area contributed by atoms with Crippen LogP contribution in [0, 0.1) is 5.92 Å². The van der Waals surface area contributed by atoms with Gasteiger partial charge in [-0.25, -0.2) is 13.4 Å². The van der Waals surface area contributed by atoms with E-state index in [-0.39, 0.29) is 28.9 Å². The number of piperidine rings is 1. The number of aromatic nitrogens is 2. The van der Waals surface area contributed by atoms with E-state index in [0.29, 0.717) is 37.6 Å². The van der Waals surface area contributed by atoms with Crippen molar-refractivity contribution >= 4 is 38.3 Å². The first-order valence-corrected chi connectivity index (χ1v) is 12.0. The van der Waals surface area contributed by atoms with Gasteiger partial charge in [-0.15, -0.1) is 11.3 Å². The molecule has 2 amide bonds. The Bertz CT molecular complexity index is 980. The number of hydrogen-bond acceptors (Lipinski definition) is 6. The topological polar surface area (TPSA) is 115 Å². The number of aromatic amines is 1. The minimum absolute atomic E-state index is 0.0565. The van der Waals surface area contributed by atoms with E-state index < -0.39 is 15.9 Å². The summed E-state index contributed by atoms with van der Waals surface area (Å²) in [5, 5.41) is 5.01. The van der Waals surface area contributed by atoms with Crippen molar-refractivity contribution in [1.82, 2.24) is 19.2 Å². The second-order valence-electron chi connectivity index (χ2n) is 7.28. The van der Waals surface area contributed by atoms with E-state index in [1.165, 1.54) is 27.9 Å². The molecule has 0 spiro atoms. The number of anilines is 1. The molecule has 156 valence electrons. The summed E-state index contributed by atoms with van der Waals surface area (Å²) in [6.45, 7) is 1.86. The fourth-order valence-corrected chi connectivity index (χ4v) is 5.80. The molecule has 0 aromatic carbocycles. The lowest BCUT2D eigenvalue weighted by Crippen LogP contribution is -2.43. The second-order valence-corrected chi connectivity index (χ2v) is 10.1. The van der Waals surface area contributed by atoms with Gasteiger partial charge in [0.15, 0.2) is 5.13 Å². The van der Waals surface area contributed by atoms with Crippen LogP contribution in [0.2, 0.25) is 0 Å². The fourth-order valence-electron chi connectivity index (χ4n) is 3.75. The first-order valence-electron chi connectivity index (χ1n) is 9.63. The molecule has 9 nitrogen and oxygen atoms in total. The highest BCUT2D eigenvalue weighted by Gasteiger charge is 2.34. The van der Waals surface area contributed by atoms with Crippen LogP contribution in [0.4, 0.5) is 5.13 Å². The third-order valence-electron chi connectivity index (χ3n) is 5.34. The van der Waals surface area contributed by atoms with Crippen molar-refractivity contribution < 1.29 is 18.0 Å². The van der Waals surface area contributed by atoms with Crippen LogP contribution < -0.4 is 5.32 Å². The smallest absolute Gasteiger partial charge is 0.270 e. The molecule has 4 heterocycles. The highest BCUT2D eigenvalue weighted by atomic mass is 32.2. The quantitative estimate of drug-likeness (QED) is 0.739. The van der Waals surface area contributed by atoms with Gasteiger partial charge in [0, 0.05) is 44.0 Å². The SMILES string of the molecule is O=C(Nc1nccs1)[C@H]1CCCN(S(=O)(=O)c2c[nH]c(C(=O)N3CCCC3)c2)C1. The number of thiazole rings is 1. The number of sulfonamides is 1. The van der Waals surface area contributed by atoms with Crippen LogP contribution in [0.5, 0.6) is 0 Å². The van der Waals surface area contributed by atoms with Gasteiger partial charge in [0.25, 0.3) is 5.91 Å². The molecule has 2 fully saturated rings. The molecule has 2 saturated heterocycles. The summed E-state index contributed by atoms with van der Waals surface area (Å²) in [7, 11) is -3.79. The molecule has 0 radical (unpaired) electrons. The first-order chi connectivity index (χ1) is 13.9. The van der Waals surface area contributed by atoms with E-state index in [9.17, 15) is 18.0 Å². The largest absolute Gasteiger partial charge is 0.356 e. The Kier molecular flexibility index (Phi) is 5.70. The molecule has 2 N–H and O–H groups in total. The maximum Gasteiger partial charge on any atom is 0.270 e. The summed E-state index contributed by atoms with van der Waals surface area (Å²) >= 11 is 1.32. The Morgan fingerprint density at radius 2 is 2.00 bits per heavy atom. The van der Waals surface area contributed by atoms with Crippen LogP contribution in [0.25, 0.3) is 0 Å². The standard InChI is InChI=1S/C18H23N5O4S2/c24-16(21-18-19-5-9-28-18)13-4-3-8-23(12-13)29(26,27)14-10-15(20-11-14)17(25)22-6-1-2-7-22/h5,9-11,13,20H,1-4,6-8,12H2,(H,19,21,24)/t13-/m0/s1. The second kappa shape index (κ2) is 8.25. The van der Waals surface area contributed by atoms with Gasteiger partial charge in [-0.1, -0.05) is 0 Å². The molecule has 0 aliphatic carbocycles. The molecule has 0 bridgehead atoms. The minimum atomic E-state index is -3.79. The van der Waals surface area contributed by atoms with E-state index in [1.807, 2.05) is 0 Å².